The van der Waals surface area contributed by atoms with Gasteiger partial charge in [-0.05, 0) is 11.5 Å². The topological polar surface area (TPSA) is 37.8 Å². The van der Waals surface area contributed by atoms with Crippen molar-refractivity contribution < 1.29 is 0 Å². The molecule has 0 amide bonds. The van der Waals surface area contributed by atoms with E-state index < -0.39 is 0 Å². The third-order valence-electron chi connectivity index (χ3n) is 2.72. The van der Waals surface area contributed by atoms with Gasteiger partial charge in [0.2, 0.25) is 0 Å². The van der Waals surface area contributed by atoms with Crippen LogP contribution in [-0.2, 0) is 7.05 Å². The van der Waals surface area contributed by atoms with Crippen molar-refractivity contribution in [3.63, 3.8) is 0 Å². The van der Waals surface area contributed by atoms with Crippen LogP contribution in [0.3, 0.4) is 0 Å². The van der Waals surface area contributed by atoms with E-state index in [1.807, 2.05) is 30.3 Å². The van der Waals surface area contributed by atoms with Crippen molar-refractivity contribution in [1.82, 2.24) is 9.78 Å². The van der Waals surface area contributed by atoms with Gasteiger partial charge in [0.1, 0.15) is 0 Å². The fourth-order valence-electron chi connectivity index (χ4n) is 1.87. The van der Waals surface area contributed by atoms with Crippen molar-refractivity contribution in [3.8, 4) is 11.1 Å². The number of hydrogen-bond acceptors (Lipinski definition) is 1. The molecule has 0 radical (unpaired) electrons. The van der Waals surface area contributed by atoms with E-state index in [0.29, 0.717) is 5.92 Å². The molecule has 2 aromatic rings. The van der Waals surface area contributed by atoms with Crippen molar-refractivity contribution in [2.75, 3.05) is 0 Å². The monoisotopic (exact) mass is 216 g/mol. The van der Waals surface area contributed by atoms with Crippen LogP contribution in [-0.4, -0.2) is 9.78 Å². The summed E-state index contributed by atoms with van der Waals surface area (Å²) in [5, 5.41) is 3.12. The maximum Gasteiger partial charge on any atom is 0.274 e. The van der Waals surface area contributed by atoms with Gasteiger partial charge in [-0.2, -0.15) is 0 Å². The minimum absolute atomic E-state index is 0.0369. The smallest absolute Gasteiger partial charge is 0.274 e. The van der Waals surface area contributed by atoms with Gasteiger partial charge in [-0.3, -0.25) is 14.6 Å². The van der Waals surface area contributed by atoms with Crippen molar-refractivity contribution in [2.45, 2.75) is 19.8 Å². The van der Waals surface area contributed by atoms with E-state index in [9.17, 15) is 4.79 Å². The van der Waals surface area contributed by atoms with Crippen molar-refractivity contribution in [1.29, 1.82) is 0 Å². The van der Waals surface area contributed by atoms with Gasteiger partial charge in [-0.1, -0.05) is 44.2 Å². The first kappa shape index (κ1) is 10.7. The lowest BCUT2D eigenvalue weighted by Crippen LogP contribution is -2.13. The minimum Gasteiger partial charge on any atom is -0.299 e. The van der Waals surface area contributed by atoms with E-state index in [1.165, 1.54) is 4.68 Å². The molecule has 0 bridgehead atoms. The summed E-state index contributed by atoms with van der Waals surface area (Å²) in [5.74, 6) is 0.309. The molecule has 0 spiro atoms. The number of aryl methyl sites for hydroxylation is 1. The van der Waals surface area contributed by atoms with Gasteiger partial charge in [0.25, 0.3) is 5.56 Å². The van der Waals surface area contributed by atoms with Crippen LogP contribution in [0.5, 0.6) is 0 Å². The molecule has 1 aromatic carbocycles. The van der Waals surface area contributed by atoms with Crippen LogP contribution in [0.1, 0.15) is 25.5 Å². The highest BCUT2D eigenvalue weighted by Gasteiger charge is 2.16. The molecule has 0 aliphatic heterocycles. The Bertz CT molecular complexity index is 535. The lowest BCUT2D eigenvalue weighted by atomic mass is 10.0. The second-order valence-electron chi connectivity index (χ2n) is 4.29. The van der Waals surface area contributed by atoms with Crippen LogP contribution in [0, 0.1) is 0 Å². The molecule has 3 heteroatoms. The molecule has 0 unspecified atom stereocenters. The molecule has 0 saturated carbocycles. The first-order valence-electron chi connectivity index (χ1n) is 5.45. The van der Waals surface area contributed by atoms with E-state index in [4.69, 9.17) is 0 Å². The predicted octanol–water partition coefficient (Wildman–Crippen LogP) is 2.50. The Morgan fingerprint density at radius 3 is 2.38 bits per heavy atom. The summed E-state index contributed by atoms with van der Waals surface area (Å²) in [5.41, 5.74) is 2.81. The van der Waals surface area contributed by atoms with Gasteiger partial charge in [0.05, 0.1) is 5.56 Å². The van der Waals surface area contributed by atoms with Crippen LogP contribution in [0.4, 0.5) is 0 Å². The summed E-state index contributed by atoms with van der Waals surface area (Å²) in [7, 11) is 1.75. The van der Waals surface area contributed by atoms with Gasteiger partial charge >= 0.3 is 0 Å². The van der Waals surface area contributed by atoms with Crippen molar-refractivity contribution in [2.24, 2.45) is 7.05 Å². The number of aromatic nitrogens is 2. The third kappa shape index (κ3) is 1.69. The number of nitrogens with zero attached hydrogens (tertiary/aromatic N) is 1. The highest BCUT2D eigenvalue weighted by atomic mass is 16.1. The molecule has 16 heavy (non-hydrogen) atoms. The van der Waals surface area contributed by atoms with Crippen molar-refractivity contribution in [3.05, 3.63) is 46.4 Å². The van der Waals surface area contributed by atoms with E-state index in [1.54, 1.807) is 7.05 Å². The van der Waals surface area contributed by atoms with E-state index in [2.05, 4.69) is 18.9 Å². The molecule has 2 rings (SSSR count). The molecule has 0 atom stereocenters. The first-order valence-corrected chi connectivity index (χ1v) is 5.45. The van der Waals surface area contributed by atoms with Crippen LogP contribution >= 0.6 is 0 Å². The molecule has 1 aromatic heterocycles. The average Bonchev–Trinajstić information content (AvgIpc) is 2.57. The summed E-state index contributed by atoms with van der Waals surface area (Å²) in [6.07, 6.45) is 0. The largest absolute Gasteiger partial charge is 0.299 e. The predicted molar refractivity (Wildman–Crippen MR) is 65.6 cm³/mol. The molecular formula is C13H16N2O. The van der Waals surface area contributed by atoms with Gasteiger partial charge in [0.15, 0.2) is 0 Å². The van der Waals surface area contributed by atoms with Gasteiger partial charge in [-0.25, -0.2) is 0 Å². The first-order chi connectivity index (χ1) is 7.61. The Balaban J connectivity index is 2.69. The molecule has 0 aliphatic carbocycles. The zero-order valence-electron chi connectivity index (χ0n) is 9.82. The maximum atomic E-state index is 12.0. The Labute approximate surface area is 94.7 Å². The SMILES string of the molecule is CC(C)c1[nH]n(C)c(=O)c1-c1ccccc1. The second-order valence-corrected chi connectivity index (χ2v) is 4.29. The zero-order chi connectivity index (χ0) is 11.7. The number of nitrogens with one attached hydrogen (secondary N) is 1. The highest BCUT2D eigenvalue weighted by molar-refractivity contribution is 5.65. The Morgan fingerprint density at radius 2 is 1.81 bits per heavy atom. The fraction of sp³-hybridized carbons (Fsp3) is 0.308. The molecule has 1 N–H and O–H groups in total. The molecular weight excluding hydrogens is 200 g/mol. The minimum atomic E-state index is 0.0369. The number of benzene rings is 1. The van der Waals surface area contributed by atoms with E-state index in [-0.39, 0.29) is 5.56 Å². The van der Waals surface area contributed by atoms with Crippen LogP contribution in [0.2, 0.25) is 0 Å². The Kier molecular flexibility index (Phi) is 2.69. The third-order valence-corrected chi connectivity index (χ3v) is 2.72. The quantitative estimate of drug-likeness (QED) is 0.823. The average molecular weight is 216 g/mol. The number of H-pyrrole nitrogens is 1. The molecule has 0 aliphatic rings. The van der Waals surface area contributed by atoms with Crippen LogP contribution < -0.4 is 5.56 Å². The lowest BCUT2D eigenvalue weighted by Gasteiger charge is -2.05. The fourth-order valence-corrected chi connectivity index (χ4v) is 1.87. The van der Waals surface area contributed by atoms with Crippen LogP contribution in [0.15, 0.2) is 35.1 Å². The standard InChI is InChI=1S/C13H16N2O/c1-9(2)12-11(13(16)15(3)14-12)10-7-5-4-6-8-10/h4-9,14H,1-3H3. The maximum absolute atomic E-state index is 12.0. The molecule has 1 heterocycles. The van der Waals surface area contributed by atoms with Gasteiger partial charge in [0, 0.05) is 12.7 Å². The number of aromatic amines is 1. The summed E-state index contributed by atoms with van der Waals surface area (Å²) in [6.45, 7) is 4.16. The summed E-state index contributed by atoms with van der Waals surface area (Å²) in [4.78, 5) is 12.0. The molecule has 0 saturated heterocycles. The number of rotatable bonds is 2. The zero-order valence-corrected chi connectivity index (χ0v) is 9.82. The second kappa shape index (κ2) is 4.00. The van der Waals surface area contributed by atoms with Gasteiger partial charge < -0.3 is 0 Å². The summed E-state index contributed by atoms with van der Waals surface area (Å²) >= 11 is 0. The number of hydrogen-bond donors (Lipinski definition) is 1. The molecule has 0 fully saturated rings. The van der Waals surface area contributed by atoms with E-state index in [0.717, 1.165) is 16.8 Å². The summed E-state index contributed by atoms with van der Waals surface area (Å²) < 4.78 is 1.54. The lowest BCUT2D eigenvalue weighted by molar-refractivity contribution is 0.697. The highest BCUT2D eigenvalue weighted by Crippen LogP contribution is 2.24. The van der Waals surface area contributed by atoms with Crippen molar-refractivity contribution >= 4 is 0 Å². The summed E-state index contributed by atoms with van der Waals surface area (Å²) in [6, 6.07) is 9.79. The van der Waals surface area contributed by atoms with Gasteiger partial charge in [-0.15, -0.1) is 0 Å². The normalized spacial score (nSPS) is 11.0. The molecule has 3 nitrogen and oxygen atoms in total. The Hall–Kier alpha value is -1.77. The molecule has 84 valence electrons. The van der Waals surface area contributed by atoms with E-state index >= 15 is 0 Å². The Morgan fingerprint density at radius 1 is 1.19 bits per heavy atom. The van der Waals surface area contributed by atoms with Crippen LogP contribution in [0.25, 0.3) is 11.1 Å².